The first-order valence-electron chi connectivity index (χ1n) is 7.67. The van der Waals surface area contributed by atoms with Gasteiger partial charge >= 0.3 is 5.97 Å². The highest BCUT2D eigenvalue weighted by Crippen LogP contribution is 2.41. The zero-order valence-corrected chi connectivity index (χ0v) is 13.4. The molecule has 0 saturated heterocycles. The van der Waals surface area contributed by atoms with Crippen LogP contribution in [0.1, 0.15) is 29.9 Å². The summed E-state index contributed by atoms with van der Waals surface area (Å²) in [6.07, 6.45) is 3.08. The predicted octanol–water partition coefficient (Wildman–Crippen LogP) is 1.21. The predicted molar refractivity (Wildman–Crippen MR) is 85.5 cm³/mol. The van der Waals surface area contributed by atoms with Crippen molar-refractivity contribution in [3.63, 3.8) is 0 Å². The van der Waals surface area contributed by atoms with E-state index >= 15 is 0 Å². The van der Waals surface area contributed by atoms with Crippen LogP contribution < -0.4 is 10.2 Å². The molecule has 0 aliphatic carbocycles. The molecule has 0 fully saturated rings. The van der Waals surface area contributed by atoms with Crippen molar-refractivity contribution in [3.8, 4) is 5.75 Å². The standard InChI is InChI=1S/C17H16N2O6/c1-2-23-17(22)13-12(9-4-3-5-19-7-9)15-14(25-16(13)18)11(21)6-10(8-20)24-15/h3-7,12-13,18,20H,2,8H2,1H3. The van der Waals surface area contributed by atoms with Gasteiger partial charge in [0.1, 0.15) is 18.3 Å². The van der Waals surface area contributed by atoms with Gasteiger partial charge in [-0.2, -0.15) is 0 Å². The van der Waals surface area contributed by atoms with E-state index < -0.39 is 35.7 Å². The van der Waals surface area contributed by atoms with Crippen molar-refractivity contribution < 1.29 is 23.8 Å². The summed E-state index contributed by atoms with van der Waals surface area (Å²) in [6.45, 7) is 1.31. The second kappa shape index (κ2) is 6.86. The van der Waals surface area contributed by atoms with E-state index in [9.17, 15) is 14.7 Å². The Morgan fingerprint density at radius 2 is 2.28 bits per heavy atom. The molecular formula is C17H16N2O6. The normalized spacial score (nSPS) is 19.0. The number of aromatic nitrogens is 1. The van der Waals surface area contributed by atoms with Crippen LogP contribution in [0.4, 0.5) is 0 Å². The third-order valence-electron chi connectivity index (χ3n) is 3.83. The van der Waals surface area contributed by atoms with Crippen molar-refractivity contribution >= 4 is 11.9 Å². The van der Waals surface area contributed by atoms with Gasteiger partial charge in [-0.1, -0.05) is 6.07 Å². The molecule has 2 aromatic rings. The molecule has 2 N–H and O–H groups in total. The summed E-state index contributed by atoms with van der Waals surface area (Å²) in [5.74, 6) is -3.06. The number of carbonyl (C=O) groups is 1. The molecular weight excluding hydrogens is 328 g/mol. The molecule has 2 atom stereocenters. The van der Waals surface area contributed by atoms with E-state index in [1.807, 2.05) is 0 Å². The van der Waals surface area contributed by atoms with Gasteiger partial charge in [0.2, 0.25) is 17.1 Å². The van der Waals surface area contributed by atoms with Crippen LogP contribution in [0.25, 0.3) is 0 Å². The highest BCUT2D eigenvalue weighted by Gasteiger charge is 2.45. The lowest BCUT2D eigenvalue weighted by Crippen LogP contribution is -2.40. The molecule has 2 unspecified atom stereocenters. The highest BCUT2D eigenvalue weighted by molar-refractivity contribution is 6.00. The minimum atomic E-state index is -1.12. The van der Waals surface area contributed by atoms with Crippen molar-refractivity contribution in [1.29, 1.82) is 5.41 Å². The third kappa shape index (κ3) is 3.03. The number of hydrogen-bond donors (Lipinski definition) is 2. The zero-order chi connectivity index (χ0) is 18.0. The average molecular weight is 344 g/mol. The van der Waals surface area contributed by atoms with Gasteiger partial charge in [0.15, 0.2) is 5.76 Å². The number of esters is 1. The number of hydrogen-bond acceptors (Lipinski definition) is 8. The SMILES string of the molecule is CCOC(=O)C1C(=N)Oc2c(oc(CO)cc2=O)C1c1cccnc1. The van der Waals surface area contributed by atoms with Crippen LogP contribution in [0.3, 0.4) is 0 Å². The maximum atomic E-state index is 12.4. The van der Waals surface area contributed by atoms with Crippen LogP contribution in [0, 0.1) is 11.3 Å². The van der Waals surface area contributed by atoms with Crippen LogP contribution in [0.5, 0.6) is 5.75 Å². The topological polar surface area (TPSA) is 123 Å². The number of ether oxygens (including phenoxy) is 2. The summed E-state index contributed by atoms with van der Waals surface area (Å²) in [5.41, 5.74) is 0.0272. The lowest BCUT2D eigenvalue weighted by atomic mass is 9.82. The third-order valence-corrected chi connectivity index (χ3v) is 3.83. The number of carbonyl (C=O) groups excluding carboxylic acids is 1. The van der Waals surface area contributed by atoms with Gasteiger partial charge in [0, 0.05) is 18.5 Å². The molecule has 0 saturated carbocycles. The monoisotopic (exact) mass is 344 g/mol. The van der Waals surface area contributed by atoms with Crippen molar-refractivity contribution in [1.82, 2.24) is 4.98 Å². The van der Waals surface area contributed by atoms with Crippen molar-refractivity contribution in [2.24, 2.45) is 5.92 Å². The van der Waals surface area contributed by atoms with Gasteiger partial charge < -0.3 is 19.0 Å². The van der Waals surface area contributed by atoms with Gasteiger partial charge in [-0.05, 0) is 18.6 Å². The van der Waals surface area contributed by atoms with Gasteiger partial charge in [-0.3, -0.25) is 20.0 Å². The fraction of sp³-hybridized carbons (Fsp3) is 0.294. The summed E-state index contributed by atoms with van der Waals surface area (Å²) in [7, 11) is 0. The Morgan fingerprint density at radius 3 is 2.92 bits per heavy atom. The van der Waals surface area contributed by atoms with E-state index in [0.717, 1.165) is 6.07 Å². The Balaban J connectivity index is 2.23. The fourth-order valence-corrected chi connectivity index (χ4v) is 2.79. The maximum absolute atomic E-state index is 12.4. The van der Waals surface area contributed by atoms with Gasteiger partial charge in [0.05, 0.1) is 12.5 Å². The number of fused-ring (bicyclic) bond motifs is 1. The molecule has 3 heterocycles. The van der Waals surface area contributed by atoms with Gasteiger partial charge in [-0.15, -0.1) is 0 Å². The molecule has 0 radical (unpaired) electrons. The average Bonchev–Trinajstić information content (AvgIpc) is 2.62. The number of aliphatic hydroxyl groups excluding tert-OH is 1. The van der Waals surface area contributed by atoms with Crippen molar-refractivity contribution in [2.75, 3.05) is 6.61 Å². The van der Waals surface area contributed by atoms with Crippen LogP contribution in [-0.4, -0.2) is 28.6 Å². The molecule has 2 aromatic heterocycles. The molecule has 1 aliphatic heterocycles. The summed E-state index contributed by atoms with van der Waals surface area (Å²) in [6, 6.07) is 4.47. The van der Waals surface area contributed by atoms with E-state index in [2.05, 4.69) is 4.98 Å². The molecule has 0 aromatic carbocycles. The summed E-state index contributed by atoms with van der Waals surface area (Å²) in [5, 5.41) is 17.4. The molecule has 8 heteroatoms. The molecule has 25 heavy (non-hydrogen) atoms. The maximum Gasteiger partial charge on any atom is 0.319 e. The second-order valence-electron chi connectivity index (χ2n) is 5.39. The summed E-state index contributed by atoms with van der Waals surface area (Å²) in [4.78, 5) is 28.7. The number of pyridine rings is 1. The molecule has 0 bridgehead atoms. The molecule has 3 rings (SSSR count). The molecule has 0 amide bonds. The van der Waals surface area contributed by atoms with E-state index in [4.69, 9.17) is 19.3 Å². The Morgan fingerprint density at radius 1 is 1.48 bits per heavy atom. The lowest BCUT2D eigenvalue weighted by molar-refractivity contribution is -0.146. The van der Waals surface area contributed by atoms with Gasteiger partial charge in [0.25, 0.3) is 0 Å². The zero-order valence-electron chi connectivity index (χ0n) is 13.4. The van der Waals surface area contributed by atoms with Crippen LogP contribution in [0.15, 0.2) is 39.8 Å². The van der Waals surface area contributed by atoms with E-state index in [1.165, 1.54) is 6.20 Å². The first-order chi connectivity index (χ1) is 12.1. The highest BCUT2D eigenvalue weighted by atomic mass is 16.5. The molecule has 130 valence electrons. The smallest absolute Gasteiger partial charge is 0.319 e. The molecule has 0 spiro atoms. The second-order valence-corrected chi connectivity index (χ2v) is 5.39. The quantitative estimate of drug-likeness (QED) is 0.799. The van der Waals surface area contributed by atoms with E-state index in [-0.39, 0.29) is 23.9 Å². The summed E-state index contributed by atoms with van der Waals surface area (Å²) < 4.78 is 15.9. The Bertz CT molecular complexity index is 861. The van der Waals surface area contributed by atoms with Gasteiger partial charge in [-0.25, -0.2) is 0 Å². The number of nitrogens with one attached hydrogen (secondary N) is 1. The fourth-order valence-electron chi connectivity index (χ4n) is 2.79. The number of aliphatic hydroxyl groups is 1. The lowest BCUT2D eigenvalue weighted by Gasteiger charge is -2.30. The minimum absolute atomic E-state index is 0.0391. The molecule has 8 nitrogen and oxygen atoms in total. The number of nitrogens with zero attached hydrogens (tertiary/aromatic N) is 1. The first-order valence-corrected chi connectivity index (χ1v) is 7.67. The number of rotatable bonds is 4. The van der Waals surface area contributed by atoms with Crippen molar-refractivity contribution in [2.45, 2.75) is 19.4 Å². The van der Waals surface area contributed by atoms with Crippen LogP contribution >= 0.6 is 0 Å². The molecule has 1 aliphatic rings. The Labute approximate surface area is 142 Å². The minimum Gasteiger partial charge on any atom is -0.465 e. The van der Waals surface area contributed by atoms with E-state index in [0.29, 0.717) is 5.56 Å². The Hall–Kier alpha value is -3.00. The van der Waals surface area contributed by atoms with Crippen LogP contribution in [0.2, 0.25) is 0 Å². The Kier molecular flexibility index (Phi) is 4.62. The largest absolute Gasteiger partial charge is 0.465 e. The van der Waals surface area contributed by atoms with E-state index in [1.54, 1.807) is 25.3 Å². The van der Waals surface area contributed by atoms with Crippen molar-refractivity contribution in [3.05, 3.63) is 57.9 Å². The van der Waals surface area contributed by atoms with Crippen LogP contribution in [-0.2, 0) is 16.1 Å². The summed E-state index contributed by atoms with van der Waals surface area (Å²) >= 11 is 0. The first kappa shape index (κ1) is 16.8.